The Labute approximate surface area is 342 Å². The maximum Gasteiger partial charge on any atom is 0.0424 e. The molecule has 0 radical (unpaired) electrons. The van der Waals surface area contributed by atoms with Crippen LogP contribution in [0.2, 0.25) is 0 Å². The second-order valence-corrected chi connectivity index (χ2v) is 16.0. The minimum atomic E-state index is 0. The number of hydrogen-bond donors (Lipinski definition) is 0. The number of anilines is 2. The van der Waals surface area contributed by atoms with Gasteiger partial charge in [-0.25, -0.2) is 0 Å². The van der Waals surface area contributed by atoms with Gasteiger partial charge in [-0.15, -0.1) is 0 Å². The van der Waals surface area contributed by atoms with E-state index in [1.165, 1.54) is 22.5 Å². The molecule has 0 unspecified atom stereocenters. The van der Waals surface area contributed by atoms with Crippen LogP contribution >= 0.6 is 0 Å². The molecule has 0 bridgehead atoms. The Morgan fingerprint density at radius 1 is 0.451 bits per heavy atom. The fourth-order valence-electron chi connectivity index (χ4n) is 5.73. The van der Waals surface area contributed by atoms with Crippen molar-refractivity contribution in [1.82, 2.24) is 0 Å². The molecule has 0 aliphatic rings. The molecule has 0 heterocycles. The van der Waals surface area contributed by atoms with Crippen LogP contribution < -0.4 is 9.80 Å². The largest absolute Gasteiger partial charge is 0.781 e. The molecule has 0 aliphatic heterocycles. The summed E-state index contributed by atoms with van der Waals surface area (Å²) in [5.74, 6) is 0. The first-order valence-corrected chi connectivity index (χ1v) is 19.3. The van der Waals surface area contributed by atoms with Gasteiger partial charge in [0.05, 0.1) is 0 Å². The Kier molecular flexibility index (Phi) is 17.4. The SMILES string of the molecule is CCN(CC)c1ccc(C(C)(C)C)cc1/C([S-])=C(/[S-])c1ccccc1.CCN(CC)c1ccc(C(C)(C)C)cc1/C([S-])=C(/[S-])c1ccccc1.[Ni]. The number of nitrogens with zero attached hydrogens (tertiary/aromatic N) is 2. The first-order valence-electron chi connectivity index (χ1n) is 17.7. The molecule has 51 heavy (non-hydrogen) atoms. The average molecular weight is 798 g/mol. The molecule has 0 aromatic heterocycles. The molecule has 4 aromatic carbocycles. The monoisotopic (exact) mass is 796 g/mol. The number of rotatable bonds is 10. The summed E-state index contributed by atoms with van der Waals surface area (Å²) < 4.78 is 0. The van der Waals surface area contributed by atoms with E-state index in [2.05, 4.69) is 115 Å². The minimum Gasteiger partial charge on any atom is -0.781 e. The molecule has 0 spiro atoms. The van der Waals surface area contributed by atoms with Gasteiger partial charge in [0, 0.05) is 54.0 Å². The van der Waals surface area contributed by atoms with Crippen LogP contribution in [-0.4, -0.2) is 26.2 Å². The van der Waals surface area contributed by atoms with Crippen LogP contribution in [0.15, 0.2) is 97.1 Å². The van der Waals surface area contributed by atoms with Gasteiger partial charge >= 0.3 is 0 Å². The van der Waals surface area contributed by atoms with Crippen LogP contribution in [-0.2, 0) is 77.8 Å². The average Bonchev–Trinajstić information content (AvgIpc) is 3.11. The Morgan fingerprint density at radius 2 is 0.745 bits per heavy atom. The van der Waals surface area contributed by atoms with Gasteiger partial charge in [-0.1, -0.05) is 126 Å². The molecule has 4 rings (SSSR count). The van der Waals surface area contributed by atoms with E-state index in [4.69, 9.17) is 50.5 Å². The second-order valence-electron chi connectivity index (χ2n) is 14.4. The molecule has 7 heteroatoms. The quantitative estimate of drug-likeness (QED) is 0.0889. The summed E-state index contributed by atoms with van der Waals surface area (Å²) in [6, 6.07) is 33.4. The third-order valence-electron chi connectivity index (χ3n) is 8.91. The Bertz CT molecular complexity index is 1610. The van der Waals surface area contributed by atoms with Crippen LogP contribution in [0.4, 0.5) is 11.4 Å². The molecular formula is C44H54N2NiS4-4. The van der Waals surface area contributed by atoms with Crippen LogP contribution in [0.3, 0.4) is 0 Å². The zero-order valence-corrected chi connectivity index (χ0v) is 36.2. The number of hydrogen-bond acceptors (Lipinski definition) is 6. The normalized spacial score (nSPS) is 12.4. The number of benzene rings is 4. The summed E-state index contributed by atoms with van der Waals surface area (Å²) in [6.45, 7) is 25.8. The topological polar surface area (TPSA) is 6.48 Å². The standard InChI is InChI=1S/2C22H29NS2.Ni/c2*1-6-23(7-2)19-14-13-17(22(3,4)5)15-18(19)21(25)20(24)16-11-9-8-10-12-16;/h2*8-15,24-25H,6-7H2,1-5H3;/p-4/b2*21-20-;. The minimum absolute atomic E-state index is 0. The molecule has 4 aromatic rings. The molecule has 0 amide bonds. The smallest absolute Gasteiger partial charge is 0.0424 e. The van der Waals surface area contributed by atoms with Crippen LogP contribution in [0, 0.1) is 0 Å². The van der Waals surface area contributed by atoms with E-state index >= 15 is 0 Å². The summed E-state index contributed by atoms with van der Waals surface area (Å²) in [5, 5.41) is 0. The fraction of sp³-hybridized carbons (Fsp3) is 0.364. The summed E-state index contributed by atoms with van der Waals surface area (Å²) in [4.78, 5) is 7.68. The van der Waals surface area contributed by atoms with Gasteiger partial charge in [-0.3, -0.25) is 0 Å². The second kappa shape index (κ2) is 20.0. The predicted octanol–water partition coefficient (Wildman–Crippen LogP) is 11.5. The van der Waals surface area contributed by atoms with Crippen molar-refractivity contribution < 1.29 is 16.5 Å². The first kappa shape index (κ1) is 44.5. The maximum absolute atomic E-state index is 5.84. The van der Waals surface area contributed by atoms with E-state index in [0.717, 1.165) is 68.1 Å². The van der Waals surface area contributed by atoms with Crippen molar-refractivity contribution in [2.75, 3.05) is 36.0 Å². The Balaban J connectivity index is 0.000000347. The van der Waals surface area contributed by atoms with E-state index in [9.17, 15) is 0 Å². The van der Waals surface area contributed by atoms with Crippen molar-refractivity contribution in [2.45, 2.75) is 80.1 Å². The third kappa shape index (κ3) is 11.7. The van der Waals surface area contributed by atoms with Gasteiger partial charge in [-0.05, 0) is 84.0 Å². The maximum atomic E-state index is 5.84. The van der Waals surface area contributed by atoms with Crippen molar-refractivity contribution in [3.63, 3.8) is 0 Å². The zero-order valence-electron chi connectivity index (χ0n) is 31.9. The van der Waals surface area contributed by atoms with Gasteiger partial charge < -0.3 is 60.3 Å². The van der Waals surface area contributed by atoms with E-state index in [1.807, 2.05) is 60.7 Å². The van der Waals surface area contributed by atoms with Gasteiger partial charge in [0.15, 0.2) is 0 Å². The van der Waals surface area contributed by atoms with Gasteiger partial charge in [-0.2, -0.15) is 19.6 Å². The van der Waals surface area contributed by atoms with Gasteiger partial charge in [0.25, 0.3) is 0 Å². The van der Waals surface area contributed by atoms with Crippen molar-refractivity contribution in [3.05, 3.63) is 130 Å². The fourth-order valence-corrected chi connectivity index (χ4v) is 6.79. The molecule has 0 saturated carbocycles. The van der Waals surface area contributed by atoms with E-state index in [1.54, 1.807) is 0 Å². The summed E-state index contributed by atoms with van der Waals surface area (Å²) in [7, 11) is 0. The molecule has 0 N–H and O–H groups in total. The van der Waals surface area contributed by atoms with E-state index in [-0.39, 0.29) is 27.3 Å². The van der Waals surface area contributed by atoms with Gasteiger partial charge in [0.2, 0.25) is 0 Å². The van der Waals surface area contributed by atoms with Crippen molar-refractivity contribution >= 4 is 81.5 Å². The first-order chi connectivity index (χ1) is 23.6. The summed E-state index contributed by atoms with van der Waals surface area (Å²) in [5.41, 5.74) is 9.18. The molecular weight excluding hydrogens is 743 g/mol. The summed E-state index contributed by atoms with van der Waals surface area (Å²) in [6.07, 6.45) is 0. The van der Waals surface area contributed by atoms with Crippen molar-refractivity contribution in [3.8, 4) is 0 Å². The van der Waals surface area contributed by atoms with E-state index in [0.29, 0.717) is 0 Å². The van der Waals surface area contributed by atoms with Crippen LogP contribution in [0.25, 0.3) is 19.6 Å². The summed E-state index contributed by atoms with van der Waals surface area (Å²) >= 11 is 23.1. The molecule has 278 valence electrons. The Hall–Kier alpha value is -2.67. The molecule has 0 fully saturated rings. The molecule has 0 saturated heterocycles. The zero-order chi connectivity index (χ0) is 37.2. The van der Waals surface area contributed by atoms with Crippen LogP contribution in [0.1, 0.15) is 103 Å². The van der Waals surface area contributed by atoms with Crippen molar-refractivity contribution in [2.24, 2.45) is 0 Å². The van der Waals surface area contributed by atoms with Crippen molar-refractivity contribution in [1.29, 1.82) is 0 Å². The van der Waals surface area contributed by atoms with Crippen LogP contribution in [0.5, 0.6) is 0 Å². The molecule has 0 atom stereocenters. The molecule has 0 aliphatic carbocycles. The van der Waals surface area contributed by atoms with Gasteiger partial charge in [0.1, 0.15) is 0 Å². The third-order valence-corrected chi connectivity index (χ3v) is 10.9. The molecule has 2 nitrogen and oxygen atoms in total. The van der Waals surface area contributed by atoms with E-state index < -0.39 is 0 Å². The predicted molar refractivity (Wildman–Crippen MR) is 233 cm³/mol. The Morgan fingerprint density at radius 3 is 1.00 bits per heavy atom.